The van der Waals surface area contributed by atoms with Crippen LogP contribution in [0.2, 0.25) is 0 Å². The van der Waals surface area contributed by atoms with E-state index in [1.165, 1.54) is 6.26 Å². The Labute approximate surface area is 180 Å². The number of amides is 1. The number of carbonyl (C=O) groups excluding carboxylic acids is 1. The quantitative estimate of drug-likeness (QED) is 0.705. The van der Waals surface area contributed by atoms with Gasteiger partial charge in [0.2, 0.25) is 0 Å². The second kappa shape index (κ2) is 10.2. The molecule has 2 aromatic rings. The minimum Gasteiger partial charge on any atom is -0.475 e. The lowest BCUT2D eigenvalue weighted by Gasteiger charge is -2.35. The Kier molecular flexibility index (Phi) is 7.68. The second-order valence-electron chi connectivity index (χ2n) is 7.24. The molecule has 2 aliphatic heterocycles. The summed E-state index contributed by atoms with van der Waals surface area (Å²) in [5, 5.41) is 13.2. The number of hydrogen-bond acceptors (Lipinski definition) is 7. The summed E-state index contributed by atoms with van der Waals surface area (Å²) in [6, 6.07) is 3.39. The number of hydrogen-bond donors (Lipinski definition) is 2. The van der Waals surface area contributed by atoms with Crippen LogP contribution in [0.15, 0.2) is 34.4 Å². The molecular formula is C19H22F3N3O5S. The number of aromatic nitrogens is 1. The smallest absolute Gasteiger partial charge is 0.475 e. The molecule has 0 spiro atoms. The first-order valence-corrected chi connectivity index (χ1v) is 10.5. The number of ether oxygens (including phenoxy) is 1. The van der Waals surface area contributed by atoms with Crippen molar-refractivity contribution in [1.82, 2.24) is 15.2 Å². The summed E-state index contributed by atoms with van der Waals surface area (Å²) in [6.45, 7) is 4.34. The van der Waals surface area contributed by atoms with Gasteiger partial charge in [-0.15, -0.1) is 11.3 Å². The molecule has 1 amide bonds. The van der Waals surface area contributed by atoms with Gasteiger partial charge in [0.25, 0.3) is 5.91 Å². The van der Waals surface area contributed by atoms with Crippen LogP contribution in [0.5, 0.6) is 0 Å². The van der Waals surface area contributed by atoms with Crippen molar-refractivity contribution in [2.24, 2.45) is 11.8 Å². The SMILES string of the molecule is O=C(NC[C@H]1OC[C@@H]2CCN(Cc3nccs3)C[C@@H]21)c1ccco1.O=C(O)C(F)(F)F. The van der Waals surface area contributed by atoms with Gasteiger partial charge in [0.1, 0.15) is 5.01 Å². The molecule has 2 fully saturated rings. The van der Waals surface area contributed by atoms with Crippen LogP contribution in [0.3, 0.4) is 0 Å². The third kappa shape index (κ3) is 6.52. The normalized spacial score (nSPS) is 23.5. The van der Waals surface area contributed by atoms with Crippen LogP contribution in [0.4, 0.5) is 13.2 Å². The summed E-state index contributed by atoms with van der Waals surface area (Å²) >= 11 is 1.70. The molecule has 0 bridgehead atoms. The number of piperidine rings is 1. The van der Waals surface area contributed by atoms with E-state index in [0.717, 1.165) is 37.7 Å². The van der Waals surface area contributed by atoms with Crippen LogP contribution in [0, 0.1) is 11.8 Å². The van der Waals surface area contributed by atoms with Crippen molar-refractivity contribution in [2.45, 2.75) is 25.2 Å². The molecule has 4 heterocycles. The highest BCUT2D eigenvalue weighted by molar-refractivity contribution is 7.09. The topological polar surface area (TPSA) is 105 Å². The van der Waals surface area contributed by atoms with Gasteiger partial charge in [0.05, 0.1) is 25.5 Å². The minimum absolute atomic E-state index is 0.0769. The third-order valence-corrected chi connectivity index (χ3v) is 5.95. The van der Waals surface area contributed by atoms with Crippen LogP contribution in [0.25, 0.3) is 0 Å². The molecule has 3 atom stereocenters. The number of thiazole rings is 1. The first-order valence-electron chi connectivity index (χ1n) is 9.58. The summed E-state index contributed by atoms with van der Waals surface area (Å²) in [4.78, 5) is 27.8. The maximum absolute atomic E-state index is 12.0. The molecule has 2 aliphatic rings. The van der Waals surface area contributed by atoms with E-state index in [-0.39, 0.29) is 12.0 Å². The van der Waals surface area contributed by atoms with Crippen molar-refractivity contribution in [3.05, 3.63) is 40.7 Å². The zero-order chi connectivity index (χ0) is 22.4. The van der Waals surface area contributed by atoms with E-state index in [4.69, 9.17) is 19.1 Å². The zero-order valence-corrected chi connectivity index (χ0v) is 17.2. The maximum Gasteiger partial charge on any atom is 0.490 e. The molecule has 31 heavy (non-hydrogen) atoms. The van der Waals surface area contributed by atoms with Crippen LogP contribution in [-0.4, -0.2) is 65.4 Å². The number of nitrogens with one attached hydrogen (secondary N) is 1. The van der Waals surface area contributed by atoms with Crippen molar-refractivity contribution in [3.63, 3.8) is 0 Å². The Balaban J connectivity index is 0.000000339. The van der Waals surface area contributed by atoms with E-state index < -0.39 is 12.1 Å². The Morgan fingerprint density at radius 1 is 1.39 bits per heavy atom. The van der Waals surface area contributed by atoms with Gasteiger partial charge in [0.15, 0.2) is 5.76 Å². The number of carboxylic acids is 1. The van der Waals surface area contributed by atoms with Gasteiger partial charge in [-0.05, 0) is 31.0 Å². The van der Waals surface area contributed by atoms with E-state index in [0.29, 0.717) is 24.1 Å². The van der Waals surface area contributed by atoms with Gasteiger partial charge in [-0.2, -0.15) is 13.2 Å². The lowest BCUT2D eigenvalue weighted by atomic mass is 9.84. The van der Waals surface area contributed by atoms with E-state index in [9.17, 15) is 18.0 Å². The Hall–Kier alpha value is -2.44. The predicted octanol–water partition coefficient (Wildman–Crippen LogP) is 2.64. The molecule has 170 valence electrons. The van der Waals surface area contributed by atoms with E-state index in [1.54, 1.807) is 23.5 Å². The molecular weight excluding hydrogens is 439 g/mol. The van der Waals surface area contributed by atoms with Crippen LogP contribution in [0.1, 0.15) is 22.0 Å². The molecule has 0 radical (unpaired) electrons. The van der Waals surface area contributed by atoms with E-state index in [2.05, 4.69) is 15.2 Å². The summed E-state index contributed by atoms with van der Waals surface area (Å²) in [7, 11) is 0. The number of aliphatic carboxylic acids is 1. The molecule has 4 rings (SSSR count). The van der Waals surface area contributed by atoms with Gasteiger partial charge >= 0.3 is 12.1 Å². The fourth-order valence-corrected chi connectivity index (χ4v) is 4.32. The van der Waals surface area contributed by atoms with Crippen LogP contribution in [-0.2, 0) is 16.1 Å². The number of nitrogens with zero attached hydrogens (tertiary/aromatic N) is 2. The van der Waals surface area contributed by atoms with Gasteiger partial charge < -0.3 is 19.6 Å². The first-order chi connectivity index (χ1) is 14.7. The molecule has 0 unspecified atom stereocenters. The first kappa shape index (κ1) is 23.2. The monoisotopic (exact) mass is 461 g/mol. The number of carbonyl (C=O) groups is 2. The second-order valence-corrected chi connectivity index (χ2v) is 8.21. The van der Waals surface area contributed by atoms with Crippen LogP contribution >= 0.6 is 11.3 Å². The van der Waals surface area contributed by atoms with E-state index in [1.807, 2.05) is 11.6 Å². The highest BCUT2D eigenvalue weighted by Gasteiger charge is 2.41. The standard InChI is InChI=1S/C17H21N3O3S.C2HF3O2/c21-17(14-2-1-6-22-14)19-8-15-13-9-20(5-3-12(13)11-23-15)10-16-18-4-7-24-16;3-2(4,5)1(6)7/h1-2,4,6-7,12-13,15H,3,5,8-11H2,(H,19,21);(H,6,7)/t12-,13-,15+;/m0./s1. The minimum atomic E-state index is -5.08. The average Bonchev–Trinajstić information content (AvgIpc) is 3.48. The van der Waals surface area contributed by atoms with E-state index >= 15 is 0 Å². The van der Waals surface area contributed by atoms with Gasteiger partial charge in [-0.1, -0.05) is 0 Å². The summed E-state index contributed by atoms with van der Waals surface area (Å²) < 4.78 is 42.8. The van der Waals surface area contributed by atoms with Gasteiger partial charge in [0, 0.05) is 30.6 Å². The number of carboxylic acid groups (broad SMARTS) is 1. The fraction of sp³-hybridized carbons (Fsp3) is 0.526. The predicted molar refractivity (Wildman–Crippen MR) is 103 cm³/mol. The number of furan rings is 1. The number of rotatable bonds is 5. The largest absolute Gasteiger partial charge is 0.490 e. The Bertz CT molecular complexity index is 845. The molecule has 2 N–H and O–H groups in total. The number of likely N-dealkylation sites (tertiary alicyclic amines) is 1. The lowest BCUT2D eigenvalue weighted by molar-refractivity contribution is -0.192. The maximum atomic E-state index is 12.0. The highest BCUT2D eigenvalue weighted by atomic mass is 32.1. The number of fused-ring (bicyclic) bond motifs is 1. The molecule has 12 heteroatoms. The molecule has 2 aromatic heterocycles. The average molecular weight is 461 g/mol. The number of alkyl halides is 3. The van der Waals surface area contributed by atoms with Crippen molar-refractivity contribution < 1.29 is 37.0 Å². The lowest BCUT2D eigenvalue weighted by Crippen LogP contribution is -2.45. The van der Waals surface area contributed by atoms with Crippen LogP contribution < -0.4 is 5.32 Å². The molecule has 0 aromatic carbocycles. The molecule has 0 saturated carbocycles. The summed E-state index contributed by atoms with van der Waals surface area (Å²) in [5.41, 5.74) is 0. The number of halogens is 3. The Morgan fingerprint density at radius 3 is 2.77 bits per heavy atom. The molecule has 0 aliphatic carbocycles. The van der Waals surface area contributed by atoms with Crippen molar-refractivity contribution >= 4 is 23.2 Å². The third-order valence-electron chi connectivity index (χ3n) is 5.19. The van der Waals surface area contributed by atoms with Gasteiger partial charge in [-0.25, -0.2) is 9.78 Å². The Morgan fingerprint density at radius 2 is 2.16 bits per heavy atom. The highest BCUT2D eigenvalue weighted by Crippen LogP contribution is 2.34. The molecule has 2 saturated heterocycles. The zero-order valence-electron chi connectivity index (χ0n) is 16.4. The summed E-state index contributed by atoms with van der Waals surface area (Å²) in [5.74, 6) is -1.52. The fourth-order valence-electron chi connectivity index (χ4n) is 3.66. The van der Waals surface area contributed by atoms with Crippen molar-refractivity contribution in [2.75, 3.05) is 26.2 Å². The van der Waals surface area contributed by atoms with Crippen molar-refractivity contribution in [3.8, 4) is 0 Å². The van der Waals surface area contributed by atoms with Gasteiger partial charge in [-0.3, -0.25) is 9.69 Å². The summed E-state index contributed by atoms with van der Waals surface area (Å²) in [6.07, 6.45) is -0.487. The van der Waals surface area contributed by atoms with Crippen molar-refractivity contribution in [1.29, 1.82) is 0 Å². The molecule has 8 nitrogen and oxygen atoms in total.